The monoisotopic (exact) mass is 373 g/mol. The Labute approximate surface area is 157 Å². The van der Waals surface area contributed by atoms with Crippen molar-refractivity contribution >= 4 is 19.0 Å². The summed E-state index contributed by atoms with van der Waals surface area (Å²) in [5, 5.41) is 13.8. The van der Waals surface area contributed by atoms with E-state index in [2.05, 4.69) is 6.92 Å². The fourth-order valence-electron chi connectivity index (χ4n) is 2.61. The lowest BCUT2D eigenvalue weighted by molar-refractivity contribution is -0.207. The normalized spacial score (nSPS) is 11.3. The highest BCUT2D eigenvalue weighted by Gasteiger charge is 2.09. The van der Waals surface area contributed by atoms with Crippen LogP contribution in [0.1, 0.15) is 37.3 Å². The van der Waals surface area contributed by atoms with E-state index in [1.54, 1.807) is 32.4 Å². The standard InChI is InChI=1S/C21H27O4P/c1-5-6-7-13-25-16-11-12-19(15(2)14-16)26-21(22)20-17(23-3)9-8-10-18(20)24-4/h8-12,14,22H,5-7,13H2,1-4H3/p-1. The Balaban J connectivity index is 2.24. The number of ether oxygens (including phenoxy) is 3. The van der Waals surface area contributed by atoms with Gasteiger partial charge in [0.05, 0.1) is 20.8 Å². The summed E-state index contributed by atoms with van der Waals surface area (Å²) in [6, 6.07) is 11.2. The van der Waals surface area contributed by atoms with E-state index >= 15 is 0 Å². The van der Waals surface area contributed by atoms with Gasteiger partial charge in [0.1, 0.15) is 17.2 Å². The highest BCUT2D eigenvalue weighted by atomic mass is 31.1. The Hall–Kier alpha value is -2.03. The van der Waals surface area contributed by atoms with Crippen molar-refractivity contribution in [2.24, 2.45) is 0 Å². The van der Waals surface area contributed by atoms with Gasteiger partial charge < -0.3 is 19.3 Å². The number of hydrogen-bond acceptors (Lipinski definition) is 4. The molecule has 26 heavy (non-hydrogen) atoms. The van der Waals surface area contributed by atoms with Crippen LogP contribution in [0.4, 0.5) is 0 Å². The Morgan fingerprint density at radius 1 is 1.04 bits per heavy atom. The van der Waals surface area contributed by atoms with Crippen molar-refractivity contribution in [2.45, 2.75) is 33.1 Å². The third-order valence-electron chi connectivity index (χ3n) is 4.05. The molecule has 0 aromatic heterocycles. The summed E-state index contributed by atoms with van der Waals surface area (Å²) in [4.78, 5) is 0. The van der Waals surface area contributed by atoms with Crippen molar-refractivity contribution in [1.82, 2.24) is 0 Å². The maximum atomic E-state index is 12.9. The average molecular weight is 373 g/mol. The van der Waals surface area contributed by atoms with Gasteiger partial charge in [-0.2, -0.15) is 0 Å². The molecule has 0 atom stereocenters. The fraction of sp³-hybridized carbons (Fsp3) is 0.381. The van der Waals surface area contributed by atoms with Gasteiger partial charge in [-0.3, -0.25) is 0 Å². The molecule has 0 aliphatic rings. The minimum atomic E-state index is -0.0565. The molecule has 0 heterocycles. The number of rotatable bonds is 9. The first-order valence-electron chi connectivity index (χ1n) is 8.81. The second-order valence-electron chi connectivity index (χ2n) is 5.96. The minimum absolute atomic E-state index is 0.0565. The first kappa shape index (κ1) is 20.3. The second kappa shape index (κ2) is 10.2. The highest BCUT2D eigenvalue weighted by molar-refractivity contribution is 7.49. The van der Waals surface area contributed by atoms with E-state index in [1.165, 1.54) is 12.8 Å². The summed E-state index contributed by atoms with van der Waals surface area (Å²) in [6.45, 7) is 4.89. The van der Waals surface area contributed by atoms with Crippen molar-refractivity contribution in [3.63, 3.8) is 0 Å². The molecule has 4 nitrogen and oxygen atoms in total. The highest BCUT2D eigenvalue weighted by Crippen LogP contribution is 2.29. The summed E-state index contributed by atoms with van der Waals surface area (Å²) in [6.07, 6.45) is 3.40. The summed E-state index contributed by atoms with van der Waals surface area (Å²) in [5.74, 6) is 1.89. The number of hydrogen-bond donors (Lipinski definition) is 0. The van der Waals surface area contributed by atoms with Gasteiger partial charge in [-0.25, -0.2) is 0 Å². The zero-order valence-electron chi connectivity index (χ0n) is 15.9. The quantitative estimate of drug-likeness (QED) is 0.497. The smallest absolute Gasteiger partial charge is 0.129 e. The molecule has 0 radical (unpaired) electrons. The van der Waals surface area contributed by atoms with Crippen LogP contribution in [-0.4, -0.2) is 26.3 Å². The molecule has 0 saturated carbocycles. The molecule has 0 aliphatic heterocycles. The van der Waals surface area contributed by atoms with Crippen molar-refractivity contribution in [3.8, 4) is 17.2 Å². The number of benzene rings is 2. The molecule has 0 unspecified atom stereocenters. The van der Waals surface area contributed by atoms with Crippen molar-refractivity contribution in [3.05, 3.63) is 47.5 Å². The molecule has 0 spiro atoms. The van der Waals surface area contributed by atoms with E-state index in [9.17, 15) is 5.11 Å². The van der Waals surface area contributed by atoms with Gasteiger partial charge in [0.25, 0.3) is 0 Å². The molecule has 0 fully saturated rings. The summed E-state index contributed by atoms with van der Waals surface area (Å²) >= 11 is 0. The van der Waals surface area contributed by atoms with Crippen molar-refractivity contribution in [2.75, 3.05) is 20.8 Å². The van der Waals surface area contributed by atoms with Gasteiger partial charge >= 0.3 is 0 Å². The molecule has 2 aromatic rings. The Bertz CT molecular complexity index is 733. The lowest BCUT2D eigenvalue weighted by atomic mass is 10.2. The molecule has 2 aromatic carbocycles. The molecular weight excluding hydrogens is 347 g/mol. The molecular formula is C21H26O4P-. The molecule has 0 bridgehead atoms. The topological polar surface area (TPSA) is 50.8 Å². The Morgan fingerprint density at radius 2 is 1.73 bits per heavy atom. The molecule has 5 heteroatoms. The van der Waals surface area contributed by atoms with Gasteiger partial charge in [-0.1, -0.05) is 39.5 Å². The van der Waals surface area contributed by atoms with Crippen LogP contribution in [0, 0.1) is 6.92 Å². The van der Waals surface area contributed by atoms with Gasteiger partial charge in [0, 0.05) is 10.9 Å². The third kappa shape index (κ3) is 5.23. The first-order chi connectivity index (χ1) is 12.6. The van der Waals surface area contributed by atoms with E-state index in [-0.39, 0.29) is 5.48 Å². The molecule has 2 rings (SSSR count). The van der Waals surface area contributed by atoms with Gasteiger partial charge in [0.2, 0.25) is 0 Å². The van der Waals surface area contributed by atoms with Crippen LogP contribution in [-0.2, 0) is 0 Å². The van der Waals surface area contributed by atoms with E-state index in [0.29, 0.717) is 25.3 Å². The Kier molecular flexibility index (Phi) is 7.96. The SMILES string of the molecule is CCCCCOc1ccc(P=C([O-])c2c(OC)cccc2OC)c(C)c1. The summed E-state index contributed by atoms with van der Waals surface area (Å²) in [7, 11) is 3.69. The number of methoxy groups -OCH3 is 2. The van der Waals surface area contributed by atoms with E-state index < -0.39 is 0 Å². The predicted octanol–water partition coefficient (Wildman–Crippen LogP) is 3.69. The van der Waals surface area contributed by atoms with Gasteiger partial charge in [0.15, 0.2) is 0 Å². The van der Waals surface area contributed by atoms with Crippen LogP contribution >= 0.6 is 8.20 Å². The molecule has 0 amide bonds. The average Bonchev–Trinajstić information content (AvgIpc) is 2.66. The van der Waals surface area contributed by atoms with Crippen LogP contribution in [0.15, 0.2) is 36.4 Å². The first-order valence-corrected chi connectivity index (χ1v) is 9.70. The minimum Gasteiger partial charge on any atom is -0.823 e. The van der Waals surface area contributed by atoms with Crippen molar-refractivity contribution in [1.29, 1.82) is 0 Å². The zero-order valence-corrected chi connectivity index (χ0v) is 16.8. The van der Waals surface area contributed by atoms with Crippen LogP contribution in [0.2, 0.25) is 0 Å². The lowest BCUT2D eigenvalue weighted by Crippen LogP contribution is -2.20. The Morgan fingerprint density at radius 3 is 2.31 bits per heavy atom. The van der Waals surface area contributed by atoms with E-state index in [1.807, 2.05) is 25.1 Å². The molecule has 0 aliphatic carbocycles. The second-order valence-corrected chi connectivity index (χ2v) is 7.07. The molecule has 0 saturated heterocycles. The molecule has 140 valence electrons. The van der Waals surface area contributed by atoms with Crippen LogP contribution < -0.4 is 24.6 Å². The third-order valence-corrected chi connectivity index (χ3v) is 5.22. The predicted molar refractivity (Wildman–Crippen MR) is 106 cm³/mol. The van der Waals surface area contributed by atoms with Crippen LogP contribution in [0.3, 0.4) is 0 Å². The lowest BCUT2D eigenvalue weighted by Gasteiger charge is -2.19. The van der Waals surface area contributed by atoms with E-state index in [0.717, 1.165) is 29.6 Å². The van der Waals surface area contributed by atoms with Gasteiger partial charge in [-0.15, -0.1) is 0 Å². The van der Waals surface area contributed by atoms with E-state index in [4.69, 9.17) is 14.2 Å². The van der Waals surface area contributed by atoms with Crippen LogP contribution in [0.25, 0.3) is 0 Å². The maximum absolute atomic E-state index is 12.9. The number of unbranched alkanes of at least 4 members (excludes halogenated alkanes) is 2. The number of aryl methyl sites for hydroxylation is 1. The van der Waals surface area contributed by atoms with Crippen LogP contribution in [0.5, 0.6) is 17.2 Å². The fourth-order valence-corrected chi connectivity index (χ4v) is 3.55. The maximum Gasteiger partial charge on any atom is 0.129 e. The largest absolute Gasteiger partial charge is 0.823 e. The molecule has 0 N–H and O–H groups in total. The van der Waals surface area contributed by atoms with Gasteiger partial charge in [-0.05, 0) is 49.2 Å². The van der Waals surface area contributed by atoms with Crippen molar-refractivity contribution < 1.29 is 19.3 Å². The summed E-state index contributed by atoms with van der Waals surface area (Å²) < 4.78 is 16.4. The summed E-state index contributed by atoms with van der Waals surface area (Å²) in [5.41, 5.74) is 1.44. The zero-order chi connectivity index (χ0) is 18.9.